The number of benzene rings is 2. The molecule has 5 rings (SSSR count). The molecular formula is C32H35ClF2N8O4. The predicted octanol–water partition coefficient (Wildman–Crippen LogP) is 5.62. The highest BCUT2D eigenvalue weighted by atomic mass is 35.5. The van der Waals surface area contributed by atoms with Gasteiger partial charge in [0.25, 0.3) is 5.88 Å². The van der Waals surface area contributed by atoms with E-state index in [9.17, 15) is 18.4 Å². The number of alkyl halides is 1. The van der Waals surface area contributed by atoms with Crippen LogP contribution in [0.4, 0.5) is 26.0 Å². The average molecular weight is 669 g/mol. The minimum atomic E-state index is -0.828. The Bertz CT molecular complexity index is 1810. The predicted molar refractivity (Wildman–Crippen MR) is 175 cm³/mol. The van der Waals surface area contributed by atoms with E-state index in [1.165, 1.54) is 25.6 Å². The molecule has 1 atom stereocenters. The largest absolute Gasteiger partial charge is 0.494 e. The first-order chi connectivity index (χ1) is 22.4. The number of anilines is 3. The van der Waals surface area contributed by atoms with Crippen molar-refractivity contribution >= 4 is 51.5 Å². The highest BCUT2D eigenvalue weighted by Crippen LogP contribution is 2.36. The summed E-state index contributed by atoms with van der Waals surface area (Å²) < 4.78 is 40.2. The summed E-state index contributed by atoms with van der Waals surface area (Å²) >= 11 is 6.56. The van der Waals surface area contributed by atoms with E-state index in [0.29, 0.717) is 59.9 Å². The lowest BCUT2D eigenvalue weighted by Crippen LogP contribution is -2.42. The Morgan fingerprint density at radius 3 is 2.68 bits per heavy atom. The maximum atomic E-state index is 14.6. The first kappa shape index (κ1) is 33.5. The van der Waals surface area contributed by atoms with Crippen LogP contribution in [0.2, 0.25) is 5.02 Å². The molecule has 0 aliphatic carbocycles. The van der Waals surface area contributed by atoms with E-state index >= 15 is 0 Å². The fourth-order valence-corrected chi connectivity index (χ4v) is 5.14. The average Bonchev–Trinajstić information content (AvgIpc) is 3.56. The summed E-state index contributed by atoms with van der Waals surface area (Å²) in [5.74, 6) is -0.741. The maximum absolute atomic E-state index is 14.6. The van der Waals surface area contributed by atoms with Gasteiger partial charge in [-0.3, -0.25) is 19.2 Å². The van der Waals surface area contributed by atoms with E-state index < -0.39 is 17.5 Å². The van der Waals surface area contributed by atoms with Crippen LogP contribution < -0.4 is 25.4 Å². The van der Waals surface area contributed by atoms with Gasteiger partial charge >= 0.3 is 0 Å². The molecule has 0 saturated carbocycles. The van der Waals surface area contributed by atoms with Crippen LogP contribution in [0, 0.1) is 5.82 Å². The molecule has 2 amide bonds. The van der Waals surface area contributed by atoms with Crippen LogP contribution in [0.25, 0.3) is 10.9 Å². The Morgan fingerprint density at radius 1 is 1.17 bits per heavy atom. The van der Waals surface area contributed by atoms with Gasteiger partial charge in [0.15, 0.2) is 0 Å². The van der Waals surface area contributed by atoms with E-state index in [1.54, 1.807) is 30.3 Å². The second kappa shape index (κ2) is 14.3. The van der Waals surface area contributed by atoms with Gasteiger partial charge in [0.2, 0.25) is 17.6 Å². The van der Waals surface area contributed by atoms with Crippen molar-refractivity contribution in [3.8, 4) is 17.4 Å². The molecule has 15 heteroatoms. The number of methoxy groups -OCH3 is 1. The number of aromatic nitrogens is 4. The van der Waals surface area contributed by atoms with Crippen LogP contribution in [-0.2, 0) is 16.1 Å². The Balaban J connectivity index is 1.28. The summed E-state index contributed by atoms with van der Waals surface area (Å²) in [5, 5.41) is 13.6. The van der Waals surface area contributed by atoms with Crippen molar-refractivity contribution in [2.24, 2.45) is 0 Å². The summed E-state index contributed by atoms with van der Waals surface area (Å²) in [6.45, 7) is 6.85. The fraction of sp³-hybridized carbons (Fsp3) is 0.344. The molecule has 1 aliphatic heterocycles. The van der Waals surface area contributed by atoms with Crippen molar-refractivity contribution < 1.29 is 27.8 Å². The lowest BCUT2D eigenvalue weighted by molar-refractivity contribution is -0.123. The van der Waals surface area contributed by atoms with Crippen molar-refractivity contribution in [3.05, 3.63) is 65.8 Å². The number of nitrogens with zero attached hydrogens (tertiary/aromatic N) is 5. The SMILES string of the molecule is COc1cc2ncnc(Nc3ccc(Oc4nn(CC(=O)NC(C)(C)C)cc4F)cc3Cl)c2cc1NC(=O)/C=C/CN1CCC(F)C1. The van der Waals surface area contributed by atoms with Crippen molar-refractivity contribution in [2.75, 3.05) is 37.4 Å². The Kier molecular flexibility index (Phi) is 10.2. The highest BCUT2D eigenvalue weighted by molar-refractivity contribution is 6.33. The first-order valence-electron chi connectivity index (χ1n) is 14.8. The molecule has 2 aromatic carbocycles. The van der Waals surface area contributed by atoms with Gasteiger partial charge < -0.3 is 25.4 Å². The molecule has 3 heterocycles. The van der Waals surface area contributed by atoms with E-state index in [-0.39, 0.29) is 35.0 Å². The van der Waals surface area contributed by atoms with E-state index in [0.717, 1.165) is 10.9 Å². The third kappa shape index (κ3) is 8.92. The van der Waals surface area contributed by atoms with E-state index in [2.05, 4.69) is 31.0 Å². The Labute approximate surface area is 275 Å². The zero-order valence-electron chi connectivity index (χ0n) is 26.3. The number of hydrogen-bond donors (Lipinski definition) is 3. The normalized spacial score (nSPS) is 15.3. The van der Waals surface area contributed by atoms with Crippen LogP contribution in [0.5, 0.6) is 17.4 Å². The van der Waals surface area contributed by atoms with E-state index in [1.807, 2.05) is 25.7 Å². The first-order valence-corrected chi connectivity index (χ1v) is 15.2. The van der Waals surface area contributed by atoms with Crippen LogP contribution in [0.3, 0.4) is 0 Å². The number of likely N-dealkylation sites (tertiary alicyclic amines) is 1. The van der Waals surface area contributed by atoms with Gasteiger partial charge in [-0.05, 0) is 45.4 Å². The second-order valence-corrected chi connectivity index (χ2v) is 12.4. The van der Waals surface area contributed by atoms with Crippen molar-refractivity contribution in [2.45, 2.75) is 45.4 Å². The van der Waals surface area contributed by atoms with E-state index in [4.69, 9.17) is 21.1 Å². The van der Waals surface area contributed by atoms with Crippen LogP contribution in [0.15, 0.2) is 55.0 Å². The molecule has 12 nitrogen and oxygen atoms in total. The van der Waals surface area contributed by atoms with Crippen LogP contribution in [0.1, 0.15) is 27.2 Å². The third-order valence-electron chi connectivity index (χ3n) is 6.98. The number of nitrogens with one attached hydrogen (secondary N) is 3. The molecule has 4 aromatic rings. The molecule has 1 fully saturated rings. The molecule has 3 N–H and O–H groups in total. The number of fused-ring (bicyclic) bond motifs is 1. The molecule has 2 aromatic heterocycles. The zero-order valence-corrected chi connectivity index (χ0v) is 27.1. The Hall–Kier alpha value is -4.82. The monoisotopic (exact) mass is 668 g/mol. The molecule has 0 radical (unpaired) electrons. The van der Waals surface area contributed by atoms with Gasteiger partial charge in [-0.1, -0.05) is 17.7 Å². The molecule has 0 spiro atoms. The molecular weight excluding hydrogens is 634 g/mol. The summed E-state index contributed by atoms with van der Waals surface area (Å²) in [5.41, 5.74) is 0.961. The molecule has 1 saturated heterocycles. The van der Waals surface area contributed by atoms with Gasteiger partial charge in [-0.2, -0.15) is 4.39 Å². The van der Waals surface area contributed by atoms with Gasteiger partial charge in [0.05, 0.1) is 35.2 Å². The number of carbonyl (C=O) groups is 2. The summed E-state index contributed by atoms with van der Waals surface area (Å²) in [6.07, 6.45) is 5.22. The Morgan fingerprint density at radius 2 is 1.98 bits per heavy atom. The molecule has 1 unspecified atom stereocenters. The molecule has 248 valence electrons. The lowest BCUT2D eigenvalue weighted by Gasteiger charge is -2.20. The molecule has 0 bridgehead atoms. The van der Waals surface area contributed by atoms with Gasteiger partial charge in [-0.15, -0.1) is 5.10 Å². The fourth-order valence-electron chi connectivity index (χ4n) is 4.92. The highest BCUT2D eigenvalue weighted by Gasteiger charge is 2.21. The van der Waals surface area contributed by atoms with Crippen molar-refractivity contribution in [1.82, 2.24) is 30.0 Å². The lowest BCUT2D eigenvalue weighted by atomic mass is 10.1. The van der Waals surface area contributed by atoms with Gasteiger partial charge in [0, 0.05) is 48.8 Å². The standard InChI is InChI=1S/C32H35ClF2N8O4/c1-32(2,3)40-29(45)17-43-16-23(35)31(41-43)47-20-7-8-24(22(33)12-20)39-30-21-13-26(27(46-4)14-25(21)36-18-37-30)38-28(44)6-5-10-42-11-9-19(34)15-42/h5-8,12-14,16,18-19H,9-11,15,17H2,1-4H3,(H,38,44)(H,40,45)(H,36,37,39)/b6-5+. The van der Waals surface area contributed by atoms with Crippen LogP contribution in [-0.4, -0.2) is 74.9 Å². The second-order valence-electron chi connectivity index (χ2n) is 12.0. The number of halogens is 3. The summed E-state index contributed by atoms with van der Waals surface area (Å²) in [6, 6.07) is 8.03. The number of rotatable bonds is 11. The van der Waals surface area contributed by atoms with Crippen LogP contribution >= 0.6 is 11.6 Å². The third-order valence-corrected chi connectivity index (χ3v) is 7.29. The maximum Gasteiger partial charge on any atom is 0.274 e. The zero-order chi connectivity index (χ0) is 33.7. The quantitative estimate of drug-likeness (QED) is 0.174. The minimum Gasteiger partial charge on any atom is -0.494 e. The van der Waals surface area contributed by atoms with Gasteiger partial charge in [-0.25, -0.2) is 14.4 Å². The topological polar surface area (TPSA) is 136 Å². The smallest absolute Gasteiger partial charge is 0.274 e. The molecule has 47 heavy (non-hydrogen) atoms. The number of hydrogen-bond acceptors (Lipinski definition) is 9. The minimum absolute atomic E-state index is 0.178. The summed E-state index contributed by atoms with van der Waals surface area (Å²) in [7, 11) is 1.48. The molecule has 1 aliphatic rings. The number of amides is 2. The summed E-state index contributed by atoms with van der Waals surface area (Å²) in [4.78, 5) is 35.5. The van der Waals surface area contributed by atoms with Crippen molar-refractivity contribution in [3.63, 3.8) is 0 Å². The van der Waals surface area contributed by atoms with Crippen molar-refractivity contribution in [1.29, 1.82) is 0 Å². The number of ether oxygens (including phenoxy) is 2. The number of carbonyl (C=O) groups excluding carboxylic acids is 2. The van der Waals surface area contributed by atoms with Gasteiger partial charge in [0.1, 0.15) is 36.4 Å².